The summed E-state index contributed by atoms with van der Waals surface area (Å²) in [6.07, 6.45) is 2.22. The number of nitrogens with zero attached hydrogens (tertiary/aromatic N) is 5. The molecule has 0 radical (unpaired) electrons. The maximum atomic E-state index is 5.50. The van der Waals surface area contributed by atoms with Gasteiger partial charge in [0.15, 0.2) is 10.8 Å². The van der Waals surface area contributed by atoms with Gasteiger partial charge in [-0.3, -0.25) is 0 Å². The lowest BCUT2D eigenvalue weighted by atomic mass is 9.91. The number of fused-ring (bicyclic) bond motifs is 1. The van der Waals surface area contributed by atoms with Crippen molar-refractivity contribution in [3.63, 3.8) is 0 Å². The molecule has 4 rings (SSSR count). The van der Waals surface area contributed by atoms with Crippen LogP contribution >= 0.6 is 11.3 Å². The molecule has 0 saturated carbocycles. The Morgan fingerprint density at radius 2 is 1.66 bits per heavy atom. The summed E-state index contributed by atoms with van der Waals surface area (Å²) >= 11 is 1.75. The van der Waals surface area contributed by atoms with Gasteiger partial charge in [0.1, 0.15) is 5.69 Å². The molecular formula is C22H31N5OS. The summed E-state index contributed by atoms with van der Waals surface area (Å²) in [4.78, 5) is 13.4. The molecule has 3 aromatic rings. The van der Waals surface area contributed by atoms with E-state index in [1.807, 2.05) is 0 Å². The molecule has 6 nitrogen and oxygen atoms in total. The first kappa shape index (κ1) is 20.3. The van der Waals surface area contributed by atoms with Crippen LogP contribution in [0.1, 0.15) is 60.8 Å². The van der Waals surface area contributed by atoms with Crippen LogP contribution in [0.3, 0.4) is 0 Å². The van der Waals surface area contributed by atoms with Gasteiger partial charge in [0, 0.05) is 18.7 Å². The van der Waals surface area contributed by atoms with Crippen molar-refractivity contribution < 1.29 is 4.74 Å². The number of hydrogen-bond acceptors (Lipinski definition) is 6. The van der Waals surface area contributed by atoms with Gasteiger partial charge in [-0.15, -0.1) is 0 Å². The highest BCUT2D eigenvalue weighted by Gasteiger charge is 2.25. The summed E-state index contributed by atoms with van der Waals surface area (Å²) in [5.74, 6) is 0.500. The van der Waals surface area contributed by atoms with Crippen molar-refractivity contribution in [2.45, 2.75) is 60.3 Å². The molecular weight excluding hydrogens is 382 g/mol. The Morgan fingerprint density at radius 3 is 2.31 bits per heavy atom. The number of morpholine rings is 1. The Bertz CT molecular complexity index is 1030. The first-order valence-corrected chi connectivity index (χ1v) is 11.4. The number of hydrogen-bond donors (Lipinski definition) is 0. The molecule has 0 atom stereocenters. The van der Waals surface area contributed by atoms with Crippen LogP contribution < -0.4 is 4.90 Å². The van der Waals surface area contributed by atoms with Gasteiger partial charge in [-0.25, -0.2) is 14.5 Å². The standard InChI is InChI=1S/C22H31N5OS/c1-7-17(8-2)18-13(3)14(4)25-27-19(15(5)23-21(18)27)20-16(6)24-22(29-20)26-9-11-28-12-10-26/h17H,7-12H2,1-6H3. The third-order valence-electron chi connectivity index (χ3n) is 6.14. The normalized spacial score (nSPS) is 15.1. The predicted molar refractivity (Wildman–Crippen MR) is 119 cm³/mol. The molecule has 1 aliphatic rings. The second-order valence-electron chi connectivity index (χ2n) is 7.93. The van der Waals surface area contributed by atoms with Gasteiger partial charge >= 0.3 is 0 Å². The lowest BCUT2D eigenvalue weighted by Crippen LogP contribution is -2.36. The Balaban J connectivity index is 1.89. The SMILES string of the molecule is CCC(CC)c1c(C)c(C)nn2c(-c3sc(N4CCOCC4)nc3C)c(C)nc12. The van der Waals surface area contributed by atoms with Crippen molar-refractivity contribution in [2.75, 3.05) is 31.2 Å². The monoisotopic (exact) mass is 413 g/mol. The molecule has 0 unspecified atom stereocenters. The summed E-state index contributed by atoms with van der Waals surface area (Å²) in [7, 11) is 0. The van der Waals surface area contributed by atoms with Crippen LogP contribution in [0.25, 0.3) is 16.2 Å². The van der Waals surface area contributed by atoms with Crippen LogP contribution in [0.2, 0.25) is 0 Å². The average molecular weight is 414 g/mol. The van der Waals surface area contributed by atoms with E-state index < -0.39 is 0 Å². The van der Waals surface area contributed by atoms with E-state index in [1.165, 1.54) is 16.0 Å². The molecule has 3 aromatic heterocycles. The lowest BCUT2D eigenvalue weighted by molar-refractivity contribution is 0.122. The number of thiazole rings is 1. The highest BCUT2D eigenvalue weighted by Crippen LogP contribution is 2.39. The summed E-state index contributed by atoms with van der Waals surface area (Å²) in [6.45, 7) is 16.3. The van der Waals surface area contributed by atoms with E-state index in [0.29, 0.717) is 5.92 Å². The fraction of sp³-hybridized carbons (Fsp3) is 0.591. The molecule has 0 amide bonds. The van der Waals surface area contributed by atoms with Crippen molar-refractivity contribution in [3.05, 3.63) is 28.2 Å². The van der Waals surface area contributed by atoms with Crippen LogP contribution in [0.15, 0.2) is 0 Å². The van der Waals surface area contributed by atoms with E-state index in [0.717, 1.165) is 72.7 Å². The largest absolute Gasteiger partial charge is 0.378 e. The maximum Gasteiger partial charge on any atom is 0.186 e. The number of imidazole rings is 1. The summed E-state index contributed by atoms with van der Waals surface area (Å²) in [6, 6.07) is 0. The van der Waals surface area contributed by atoms with Crippen LogP contribution in [0.5, 0.6) is 0 Å². The second kappa shape index (κ2) is 8.03. The molecule has 0 aromatic carbocycles. The summed E-state index contributed by atoms with van der Waals surface area (Å²) in [5.41, 5.74) is 7.87. The second-order valence-corrected chi connectivity index (χ2v) is 8.91. The number of anilines is 1. The zero-order valence-corrected chi connectivity index (χ0v) is 19.2. The van der Waals surface area contributed by atoms with Crippen molar-refractivity contribution in [1.29, 1.82) is 0 Å². The highest BCUT2D eigenvalue weighted by atomic mass is 32.1. The van der Waals surface area contributed by atoms with Crippen LogP contribution in [0, 0.1) is 27.7 Å². The minimum absolute atomic E-state index is 0.500. The van der Waals surface area contributed by atoms with Gasteiger partial charge in [-0.1, -0.05) is 25.2 Å². The molecule has 7 heteroatoms. The number of aromatic nitrogens is 4. The molecule has 0 bridgehead atoms. The van der Waals surface area contributed by atoms with E-state index in [4.69, 9.17) is 19.8 Å². The number of ether oxygens (including phenoxy) is 1. The van der Waals surface area contributed by atoms with Crippen molar-refractivity contribution in [2.24, 2.45) is 0 Å². The summed E-state index contributed by atoms with van der Waals surface area (Å²) in [5, 5.41) is 6.02. The smallest absolute Gasteiger partial charge is 0.186 e. The molecule has 0 spiro atoms. The fourth-order valence-corrected chi connectivity index (χ4v) is 5.52. The van der Waals surface area contributed by atoms with Crippen molar-refractivity contribution in [1.82, 2.24) is 19.6 Å². The quantitative estimate of drug-likeness (QED) is 0.600. The van der Waals surface area contributed by atoms with E-state index in [9.17, 15) is 0 Å². The molecule has 0 aliphatic carbocycles. The van der Waals surface area contributed by atoms with Gasteiger partial charge in [0.05, 0.1) is 35.2 Å². The molecule has 156 valence electrons. The van der Waals surface area contributed by atoms with E-state index in [2.05, 4.69) is 51.0 Å². The fourth-order valence-electron chi connectivity index (χ4n) is 4.32. The molecule has 29 heavy (non-hydrogen) atoms. The van der Waals surface area contributed by atoms with Gasteiger partial charge in [0.25, 0.3) is 0 Å². The van der Waals surface area contributed by atoms with Crippen LogP contribution in [-0.2, 0) is 4.74 Å². The zero-order chi connectivity index (χ0) is 20.7. The number of aryl methyl sites for hydroxylation is 3. The van der Waals surface area contributed by atoms with Crippen molar-refractivity contribution >= 4 is 22.1 Å². The Kier molecular flexibility index (Phi) is 5.62. The molecule has 4 heterocycles. The van der Waals surface area contributed by atoms with Gasteiger partial charge in [-0.05, 0) is 52.0 Å². The van der Waals surface area contributed by atoms with Gasteiger partial charge < -0.3 is 9.64 Å². The van der Waals surface area contributed by atoms with E-state index >= 15 is 0 Å². The molecule has 0 N–H and O–H groups in total. The predicted octanol–water partition coefficient (Wildman–Crippen LogP) is 4.83. The minimum Gasteiger partial charge on any atom is -0.378 e. The van der Waals surface area contributed by atoms with Crippen LogP contribution in [-0.4, -0.2) is 45.9 Å². The van der Waals surface area contributed by atoms with Crippen LogP contribution in [0.4, 0.5) is 5.13 Å². The Hall–Kier alpha value is -1.99. The first-order chi connectivity index (χ1) is 14.0. The first-order valence-electron chi connectivity index (χ1n) is 10.6. The molecule has 1 aliphatic heterocycles. The molecule has 1 saturated heterocycles. The average Bonchev–Trinajstić information content (AvgIpc) is 3.25. The van der Waals surface area contributed by atoms with E-state index in [-0.39, 0.29) is 0 Å². The van der Waals surface area contributed by atoms with Crippen molar-refractivity contribution in [3.8, 4) is 10.6 Å². The lowest BCUT2D eigenvalue weighted by Gasteiger charge is -2.26. The summed E-state index contributed by atoms with van der Waals surface area (Å²) < 4.78 is 7.58. The van der Waals surface area contributed by atoms with E-state index in [1.54, 1.807) is 11.3 Å². The topological polar surface area (TPSA) is 55.5 Å². The number of rotatable bonds is 5. The third kappa shape index (κ3) is 3.44. The maximum absolute atomic E-state index is 5.50. The van der Waals surface area contributed by atoms with Gasteiger partial charge in [-0.2, -0.15) is 5.10 Å². The Morgan fingerprint density at radius 1 is 0.966 bits per heavy atom. The minimum atomic E-state index is 0.500. The third-order valence-corrected chi connectivity index (χ3v) is 7.37. The Labute approximate surface area is 176 Å². The molecule has 1 fully saturated rings. The zero-order valence-electron chi connectivity index (χ0n) is 18.4. The highest BCUT2D eigenvalue weighted by molar-refractivity contribution is 7.19. The van der Waals surface area contributed by atoms with Gasteiger partial charge in [0.2, 0.25) is 0 Å².